The Hall–Kier alpha value is -2.22. The van der Waals surface area contributed by atoms with Gasteiger partial charge in [-0.1, -0.05) is 36.4 Å². The first kappa shape index (κ1) is 12.5. The van der Waals surface area contributed by atoms with Gasteiger partial charge in [-0.15, -0.1) is 0 Å². The van der Waals surface area contributed by atoms with Crippen molar-refractivity contribution in [1.82, 2.24) is 0 Å². The van der Waals surface area contributed by atoms with Crippen LogP contribution in [0.25, 0.3) is 0 Å². The second-order valence-electron chi connectivity index (χ2n) is 6.23. The number of nitrogens with two attached hydrogens (primary N) is 1. The number of anilines is 3. The summed E-state index contributed by atoms with van der Waals surface area (Å²) >= 11 is 0. The van der Waals surface area contributed by atoms with E-state index < -0.39 is 0 Å². The van der Waals surface area contributed by atoms with E-state index in [0.717, 1.165) is 18.5 Å². The van der Waals surface area contributed by atoms with Crippen molar-refractivity contribution < 1.29 is 0 Å². The summed E-state index contributed by atoms with van der Waals surface area (Å²) < 4.78 is 0. The van der Waals surface area contributed by atoms with E-state index in [1.54, 1.807) is 0 Å². The minimum absolute atomic E-state index is 0.00870. The number of hydrogen-bond acceptors (Lipinski definition) is 2. The molecule has 2 heteroatoms. The lowest BCUT2D eigenvalue weighted by atomic mass is 9.73. The molecule has 0 bridgehead atoms. The van der Waals surface area contributed by atoms with Crippen LogP contribution in [0, 0.1) is 0 Å². The van der Waals surface area contributed by atoms with Crippen molar-refractivity contribution in [3.8, 4) is 0 Å². The standard InChI is InChI=1S/C19H20N2/c1-19-13-6-5-12-17(19)21(14-8-3-2-4-9-14)16-11-7-10-15(20)18(16)19/h2-4,6-11,13,17H,5,12,20H2,1H3. The summed E-state index contributed by atoms with van der Waals surface area (Å²) in [6.07, 6.45) is 6.97. The number of allylic oxidation sites excluding steroid dienone is 1. The van der Waals surface area contributed by atoms with Crippen molar-refractivity contribution in [2.45, 2.75) is 31.2 Å². The van der Waals surface area contributed by atoms with Crippen molar-refractivity contribution in [2.75, 3.05) is 10.6 Å². The van der Waals surface area contributed by atoms with Crippen LogP contribution in [0.1, 0.15) is 25.3 Å². The molecule has 0 saturated carbocycles. The molecule has 2 N–H and O–H groups in total. The van der Waals surface area contributed by atoms with Crippen LogP contribution in [-0.4, -0.2) is 6.04 Å². The summed E-state index contributed by atoms with van der Waals surface area (Å²) in [5, 5.41) is 0. The molecule has 1 heterocycles. The Morgan fingerprint density at radius 2 is 1.90 bits per heavy atom. The topological polar surface area (TPSA) is 29.3 Å². The predicted octanol–water partition coefficient (Wildman–Crippen LogP) is 4.40. The fraction of sp³-hybridized carbons (Fsp3) is 0.263. The van der Waals surface area contributed by atoms with E-state index in [0.29, 0.717) is 6.04 Å². The van der Waals surface area contributed by atoms with Crippen LogP contribution in [0.4, 0.5) is 17.1 Å². The van der Waals surface area contributed by atoms with Gasteiger partial charge in [0.15, 0.2) is 0 Å². The third-order valence-corrected chi connectivity index (χ3v) is 4.98. The molecule has 1 aliphatic heterocycles. The number of benzene rings is 2. The summed E-state index contributed by atoms with van der Waals surface area (Å²) in [4.78, 5) is 2.48. The van der Waals surface area contributed by atoms with Gasteiger partial charge in [-0.2, -0.15) is 0 Å². The largest absolute Gasteiger partial charge is 0.398 e. The smallest absolute Gasteiger partial charge is 0.0476 e. The summed E-state index contributed by atoms with van der Waals surface area (Å²) in [7, 11) is 0. The summed E-state index contributed by atoms with van der Waals surface area (Å²) in [6.45, 7) is 2.32. The van der Waals surface area contributed by atoms with Crippen LogP contribution in [0.2, 0.25) is 0 Å². The minimum atomic E-state index is 0.00870. The number of nitrogens with zero attached hydrogens (tertiary/aromatic N) is 1. The molecule has 2 aromatic rings. The maximum Gasteiger partial charge on any atom is 0.0476 e. The third-order valence-electron chi connectivity index (χ3n) is 4.98. The first-order valence-electron chi connectivity index (χ1n) is 7.63. The Labute approximate surface area is 125 Å². The monoisotopic (exact) mass is 276 g/mol. The lowest BCUT2D eigenvalue weighted by molar-refractivity contribution is 0.442. The fourth-order valence-electron chi connectivity index (χ4n) is 4.06. The van der Waals surface area contributed by atoms with Crippen LogP contribution in [-0.2, 0) is 5.41 Å². The molecule has 0 amide bonds. The predicted molar refractivity (Wildman–Crippen MR) is 88.9 cm³/mol. The molecule has 0 aromatic heterocycles. The normalized spacial score (nSPS) is 26.5. The van der Waals surface area contributed by atoms with Gasteiger partial charge in [0.1, 0.15) is 0 Å². The highest BCUT2D eigenvalue weighted by Crippen LogP contribution is 2.54. The van der Waals surface area contributed by atoms with Crippen LogP contribution in [0.5, 0.6) is 0 Å². The van der Waals surface area contributed by atoms with E-state index >= 15 is 0 Å². The van der Waals surface area contributed by atoms with Crippen molar-refractivity contribution in [2.24, 2.45) is 0 Å². The van der Waals surface area contributed by atoms with E-state index in [1.807, 2.05) is 6.07 Å². The SMILES string of the molecule is CC12C=CCCC1N(c1ccccc1)c1cccc(N)c12. The maximum atomic E-state index is 6.34. The second kappa shape index (κ2) is 4.39. The maximum absolute atomic E-state index is 6.34. The minimum Gasteiger partial charge on any atom is -0.398 e. The third kappa shape index (κ3) is 1.65. The van der Waals surface area contributed by atoms with E-state index in [9.17, 15) is 0 Å². The van der Waals surface area contributed by atoms with E-state index in [4.69, 9.17) is 5.73 Å². The Morgan fingerprint density at radius 3 is 2.71 bits per heavy atom. The average molecular weight is 276 g/mol. The van der Waals surface area contributed by atoms with E-state index in [1.165, 1.54) is 16.9 Å². The Morgan fingerprint density at radius 1 is 1.10 bits per heavy atom. The lowest BCUT2D eigenvalue weighted by Gasteiger charge is -2.37. The van der Waals surface area contributed by atoms with Crippen LogP contribution in [0.15, 0.2) is 60.7 Å². The highest BCUT2D eigenvalue weighted by atomic mass is 15.2. The molecule has 2 aromatic carbocycles. The molecule has 0 saturated heterocycles. The van der Waals surface area contributed by atoms with Gasteiger partial charge < -0.3 is 10.6 Å². The molecule has 2 unspecified atom stereocenters. The molecule has 1 aliphatic carbocycles. The molecule has 0 fully saturated rings. The van der Waals surface area contributed by atoms with Gasteiger partial charge in [-0.05, 0) is 44.0 Å². The van der Waals surface area contributed by atoms with Gasteiger partial charge >= 0.3 is 0 Å². The van der Waals surface area contributed by atoms with Crippen LogP contribution < -0.4 is 10.6 Å². The van der Waals surface area contributed by atoms with Crippen LogP contribution >= 0.6 is 0 Å². The van der Waals surface area contributed by atoms with Gasteiger partial charge in [-0.3, -0.25) is 0 Å². The summed E-state index contributed by atoms with van der Waals surface area (Å²) in [6, 6.07) is 17.4. The zero-order valence-electron chi connectivity index (χ0n) is 12.3. The van der Waals surface area contributed by atoms with Gasteiger partial charge in [0, 0.05) is 34.1 Å². The molecule has 0 spiro atoms. The van der Waals surface area contributed by atoms with Crippen molar-refractivity contribution in [1.29, 1.82) is 0 Å². The van der Waals surface area contributed by atoms with Crippen molar-refractivity contribution in [3.63, 3.8) is 0 Å². The van der Waals surface area contributed by atoms with E-state index in [-0.39, 0.29) is 5.41 Å². The molecule has 2 atom stereocenters. The number of fused-ring (bicyclic) bond motifs is 3. The first-order valence-corrected chi connectivity index (χ1v) is 7.63. The average Bonchev–Trinajstić information content (AvgIpc) is 2.78. The van der Waals surface area contributed by atoms with Crippen molar-refractivity contribution >= 4 is 17.1 Å². The molecule has 0 radical (unpaired) electrons. The highest BCUT2D eigenvalue weighted by molar-refractivity contribution is 5.80. The highest BCUT2D eigenvalue weighted by Gasteiger charge is 2.48. The summed E-state index contributed by atoms with van der Waals surface area (Å²) in [5.74, 6) is 0. The molecular formula is C19H20N2. The molecule has 2 nitrogen and oxygen atoms in total. The Kier molecular flexibility index (Phi) is 2.61. The number of nitrogen functional groups attached to an aromatic ring is 1. The number of rotatable bonds is 1. The van der Waals surface area contributed by atoms with Crippen LogP contribution in [0.3, 0.4) is 0 Å². The number of hydrogen-bond donors (Lipinski definition) is 1. The molecular weight excluding hydrogens is 256 g/mol. The second-order valence-corrected chi connectivity index (χ2v) is 6.23. The lowest BCUT2D eigenvalue weighted by Crippen LogP contribution is -2.41. The number of para-hydroxylation sites is 1. The van der Waals surface area contributed by atoms with Crippen molar-refractivity contribution in [3.05, 3.63) is 66.2 Å². The van der Waals surface area contributed by atoms with Gasteiger partial charge in [-0.25, -0.2) is 0 Å². The molecule has 21 heavy (non-hydrogen) atoms. The molecule has 4 rings (SSSR count). The van der Waals surface area contributed by atoms with Gasteiger partial charge in [0.2, 0.25) is 0 Å². The van der Waals surface area contributed by atoms with E-state index in [2.05, 4.69) is 66.4 Å². The Bertz CT molecular complexity index is 705. The zero-order valence-corrected chi connectivity index (χ0v) is 12.3. The fourth-order valence-corrected chi connectivity index (χ4v) is 4.06. The Balaban J connectivity index is 1.98. The molecule has 2 aliphatic rings. The first-order chi connectivity index (χ1) is 10.2. The summed E-state index contributed by atoms with van der Waals surface area (Å²) in [5.41, 5.74) is 11.1. The zero-order chi connectivity index (χ0) is 14.4. The molecule has 106 valence electrons. The van der Waals surface area contributed by atoms with Gasteiger partial charge in [0.25, 0.3) is 0 Å². The van der Waals surface area contributed by atoms with Gasteiger partial charge in [0.05, 0.1) is 0 Å². The quantitative estimate of drug-likeness (QED) is 0.618.